The van der Waals surface area contributed by atoms with Gasteiger partial charge < -0.3 is 19.9 Å². The van der Waals surface area contributed by atoms with Crippen LogP contribution < -0.4 is 5.32 Å². The number of aryl methyl sites for hydroxylation is 1. The molecule has 2 amide bonds. The molecule has 0 aliphatic carbocycles. The maximum Gasteiger partial charge on any atom is 0.318 e. The summed E-state index contributed by atoms with van der Waals surface area (Å²) in [7, 11) is 0. The largest absolute Gasteiger partial charge is 0.377 e. The highest BCUT2D eigenvalue weighted by Gasteiger charge is 2.32. The van der Waals surface area contributed by atoms with E-state index >= 15 is 0 Å². The lowest BCUT2D eigenvalue weighted by Crippen LogP contribution is -2.54. The summed E-state index contributed by atoms with van der Waals surface area (Å²) in [5.74, 6) is 0. The molecule has 0 radical (unpaired) electrons. The minimum Gasteiger partial charge on any atom is -0.377 e. The Balaban J connectivity index is 1.64. The number of aromatic nitrogens is 1. The first kappa shape index (κ1) is 16.7. The number of carbonyl (C=O) groups is 1. The number of nitrogens with zero attached hydrogens (tertiary/aromatic N) is 3. The fourth-order valence-corrected chi connectivity index (χ4v) is 4.19. The Hall–Kier alpha value is -1.18. The SMILES string of the molecule is CCN1CCC[C@H](NC(=O)N2CCOC[C@@H]2c2nc(C)cs2)C1. The molecule has 3 rings (SSSR count). The molecule has 2 saturated heterocycles. The summed E-state index contributed by atoms with van der Waals surface area (Å²) in [5, 5.41) is 6.22. The molecule has 1 aromatic heterocycles. The van der Waals surface area contributed by atoms with Gasteiger partial charge in [-0.2, -0.15) is 0 Å². The van der Waals surface area contributed by atoms with E-state index in [0.29, 0.717) is 19.8 Å². The van der Waals surface area contributed by atoms with Gasteiger partial charge in [0.1, 0.15) is 11.0 Å². The fourth-order valence-electron chi connectivity index (χ4n) is 3.29. The monoisotopic (exact) mass is 338 g/mol. The number of nitrogens with one attached hydrogen (secondary N) is 1. The number of thiazole rings is 1. The Kier molecular flexibility index (Phi) is 5.50. The molecule has 3 heterocycles. The molecule has 6 nitrogen and oxygen atoms in total. The molecule has 2 atom stereocenters. The van der Waals surface area contributed by atoms with Crippen LogP contribution in [-0.4, -0.2) is 66.2 Å². The molecule has 1 N–H and O–H groups in total. The average molecular weight is 338 g/mol. The van der Waals surface area contributed by atoms with Crippen molar-refractivity contribution in [1.82, 2.24) is 20.1 Å². The zero-order valence-corrected chi connectivity index (χ0v) is 14.8. The highest BCUT2D eigenvalue weighted by Crippen LogP contribution is 2.27. The minimum atomic E-state index is -0.0617. The first-order valence-electron chi connectivity index (χ1n) is 8.46. The fraction of sp³-hybridized carbons (Fsp3) is 0.750. The summed E-state index contributed by atoms with van der Waals surface area (Å²) in [6.07, 6.45) is 2.21. The Labute approximate surface area is 141 Å². The van der Waals surface area contributed by atoms with Crippen molar-refractivity contribution in [2.75, 3.05) is 39.4 Å². The van der Waals surface area contributed by atoms with Crippen LogP contribution in [0, 0.1) is 6.92 Å². The predicted octanol–water partition coefficient (Wildman–Crippen LogP) is 2.02. The Morgan fingerprint density at radius 2 is 2.39 bits per heavy atom. The number of likely N-dealkylation sites (tertiary alicyclic amines) is 1. The number of rotatable bonds is 3. The lowest BCUT2D eigenvalue weighted by atomic mass is 10.1. The van der Waals surface area contributed by atoms with Gasteiger partial charge in [0.05, 0.1) is 13.2 Å². The van der Waals surface area contributed by atoms with Gasteiger partial charge in [-0.25, -0.2) is 9.78 Å². The van der Waals surface area contributed by atoms with Crippen molar-refractivity contribution in [2.24, 2.45) is 0 Å². The molecule has 7 heteroatoms. The molecule has 0 unspecified atom stereocenters. The van der Waals surface area contributed by atoms with E-state index in [4.69, 9.17) is 4.74 Å². The number of carbonyl (C=O) groups excluding carboxylic acids is 1. The van der Waals surface area contributed by atoms with E-state index in [1.807, 2.05) is 17.2 Å². The van der Waals surface area contributed by atoms with Gasteiger partial charge in [0.25, 0.3) is 0 Å². The van der Waals surface area contributed by atoms with E-state index in [2.05, 4.69) is 22.1 Å². The smallest absolute Gasteiger partial charge is 0.318 e. The topological polar surface area (TPSA) is 57.7 Å². The third-order valence-electron chi connectivity index (χ3n) is 4.59. The van der Waals surface area contributed by atoms with Crippen molar-refractivity contribution in [1.29, 1.82) is 0 Å². The van der Waals surface area contributed by atoms with Gasteiger partial charge in [0, 0.05) is 30.2 Å². The van der Waals surface area contributed by atoms with Crippen molar-refractivity contribution in [3.63, 3.8) is 0 Å². The summed E-state index contributed by atoms with van der Waals surface area (Å²) in [5.41, 5.74) is 1.00. The number of ether oxygens (including phenoxy) is 1. The molecule has 2 aliphatic heterocycles. The molecule has 128 valence electrons. The number of hydrogen-bond donors (Lipinski definition) is 1. The van der Waals surface area contributed by atoms with Crippen LogP contribution in [0.3, 0.4) is 0 Å². The normalized spacial score (nSPS) is 26.3. The summed E-state index contributed by atoms with van der Waals surface area (Å²) in [6.45, 7) is 9.05. The molecule has 0 bridgehead atoms. The highest BCUT2D eigenvalue weighted by molar-refractivity contribution is 7.09. The number of morpholine rings is 1. The van der Waals surface area contributed by atoms with Crippen LogP contribution >= 0.6 is 11.3 Å². The van der Waals surface area contributed by atoms with Gasteiger partial charge >= 0.3 is 6.03 Å². The quantitative estimate of drug-likeness (QED) is 0.916. The standard InChI is InChI=1S/C16H26N4O2S/c1-3-19-6-4-5-13(9-19)18-16(21)20-7-8-22-10-14(20)15-17-12(2)11-23-15/h11,13-14H,3-10H2,1-2H3,(H,18,21)/t13-,14+/m0/s1. The number of amides is 2. The van der Waals surface area contributed by atoms with E-state index in [-0.39, 0.29) is 18.1 Å². The van der Waals surface area contributed by atoms with E-state index in [9.17, 15) is 4.79 Å². The third kappa shape index (κ3) is 4.02. The van der Waals surface area contributed by atoms with Crippen molar-refractivity contribution in [3.8, 4) is 0 Å². The third-order valence-corrected chi connectivity index (χ3v) is 5.66. The second-order valence-electron chi connectivity index (χ2n) is 6.29. The Bertz CT molecular complexity index is 536. The molecular weight excluding hydrogens is 312 g/mol. The van der Waals surface area contributed by atoms with Crippen LogP contribution in [0.25, 0.3) is 0 Å². The molecule has 0 spiro atoms. The number of likely N-dealkylation sites (N-methyl/N-ethyl adjacent to an activating group) is 1. The number of urea groups is 1. The van der Waals surface area contributed by atoms with Gasteiger partial charge in [-0.15, -0.1) is 11.3 Å². The first-order valence-corrected chi connectivity index (χ1v) is 9.34. The van der Waals surface area contributed by atoms with Gasteiger partial charge in [0.15, 0.2) is 0 Å². The van der Waals surface area contributed by atoms with Crippen molar-refractivity contribution < 1.29 is 9.53 Å². The maximum absolute atomic E-state index is 12.8. The van der Waals surface area contributed by atoms with Crippen molar-refractivity contribution >= 4 is 17.4 Å². The average Bonchev–Trinajstić information content (AvgIpc) is 3.01. The predicted molar refractivity (Wildman–Crippen MR) is 90.8 cm³/mol. The molecule has 0 saturated carbocycles. The van der Waals surface area contributed by atoms with Gasteiger partial charge in [0.2, 0.25) is 0 Å². The second kappa shape index (κ2) is 7.59. The Morgan fingerprint density at radius 1 is 1.52 bits per heavy atom. The molecule has 2 fully saturated rings. The van der Waals surface area contributed by atoms with Crippen molar-refractivity contribution in [2.45, 2.75) is 38.8 Å². The number of hydrogen-bond acceptors (Lipinski definition) is 5. The van der Waals surface area contributed by atoms with Gasteiger partial charge in [-0.05, 0) is 32.9 Å². The van der Waals surface area contributed by atoms with Crippen molar-refractivity contribution in [3.05, 3.63) is 16.1 Å². The number of piperidine rings is 1. The van der Waals surface area contributed by atoms with Crippen LogP contribution in [0.1, 0.15) is 36.5 Å². The molecule has 23 heavy (non-hydrogen) atoms. The summed E-state index contributed by atoms with van der Waals surface area (Å²) in [6, 6.07) is 0.208. The van der Waals surface area contributed by atoms with Crippen LogP contribution in [0.4, 0.5) is 4.79 Å². The highest BCUT2D eigenvalue weighted by atomic mass is 32.1. The lowest BCUT2D eigenvalue weighted by molar-refractivity contribution is 0.0103. The van der Waals surface area contributed by atoms with Crippen LogP contribution in [0.15, 0.2) is 5.38 Å². The van der Waals surface area contributed by atoms with Crippen LogP contribution in [0.2, 0.25) is 0 Å². The van der Waals surface area contributed by atoms with Crippen LogP contribution in [-0.2, 0) is 4.74 Å². The molecule has 1 aromatic rings. The lowest BCUT2D eigenvalue weighted by Gasteiger charge is -2.37. The zero-order valence-electron chi connectivity index (χ0n) is 14.0. The summed E-state index contributed by atoms with van der Waals surface area (Å²) < 4.78 is 5.59. The Morgan fingerprint density at radius 3 is 3.13 bits per heavy atom. The summed E-state index contributed by atoms with van der Waals surface area (Å²) in [4.78, 5) is 21.6. The maximum atomic E-state index is 12.8. The second-order valence-corrected chi connectivity index (χ2v) is 7.18. The van der Waals surface area contributed by atoms with Crippen LogP contribution in [0.5, 0.6) is 0 Å². The van der Waals surface area contributed by atoms with E-state index in [0.717, 1.165) is 43.2 Å². The minimum absolute atomic E-state index is 0.0223. The van der Waals surface area contributed by atoms with Gasteiger partial charge in [-0.3, -0.25) is 0 Å². The van der Waals surface area contributed by atoms with E-state index in [1.54, 1.807) is 11.3 Å². The van der Waals surface area contributed by atoms with Gasteiger partial charge in [-0.1, -0.05) is 6.92 Å². The molecule has 2 aliphatic rings. The molecular formula is C16H26N4O2S. The van der Waals surface area contributed by atoms with E-state index < -0.39 is 0 Å². The zero-order chi connectivity index (χ0) is 16.2. The summed E-state index contributed by atoms with van der Waals surface area (Å²) >= 11 is 1.61. The van der Waals surface area contributed by atoms with E-state index in [1.165, 1.54) is 0 Å². The molecule has 0 aromatic carbocycles. The first-order chi connectivity index (χ1) is 11.2.